The van der Waals surface area contributed by atoms with Crippen molar-refractivity contribution < 1.29 is 23.9 Å². The number of ether oxygens (including phenoxy) is 1. The molecule has 0 bridgehead atoms. The quantitative estimate of drug-likeness (QED) is 0.320. The van der Waals surface area contributed by atoms with E-state index in [2.05, 4.69) is 20.5 Å². The first-order chi connectivity index (χ1) is 20.5. The molecule has 2 N–H and O–H groups in total. The topological polar surface area (TPSA) is 121 Å². The van der Waals surface area contributed by atoms with Crippen molar-refractivity contribution in [1.29, 1.82) is 0 Å². The van der Waals surface area contributed by atoms with E-state index in [1.54, 1.807) is 39.1 Å². The molecule has 2 atom stereocenters. The van der Waals surface area contributed by atoms with Gasteiger partial charge in [0, 0.05) is 25.8 Å². The van der Waals surface area contributed by atoms with Gasteiger partial charge in [-0.1, -0.05) is 48.5 Å². The van der Waals surface area contributed by atoms with Gasteiger partial charge in [-0.3, -0.25) is 24.3 Å². The first kappa shape index (κ1) is 29.9. The predicted octanol–water partition coefficient (Wildman–Crippen LogP) is 3.83. The van der Waals surface area contributed by atoms with Crippen molar-refractivity contribution in [2.45, 2.75) is 51.8 Å². The summed E-state index contributed by atoms with van der Waals surface area (Å²) in [7, 11) is 0. The number of hydrogen-bond acceptors (Lipinski definition) is 7. The van der Waals surface area contributed by atoms with Crippen molar-refractivity contribution in [3.05, 3.63) is 84.2 Å². The standard InChI is InChI=1S/C33H37N5O5/c1-22-9-8-17-34-27(22)21-37-18-16-33(26(20-37)29(40)35-19-28(39)43-32(2,3)4)30(41)38(31(42)36-33)25-14-12-24(13-15-25)23-10-6-5-7-11-23/h5-15,17,26H,16,18-21H2,1-4H3,(H,35,40)(H,36,42). The summed E-state index contributed by atoms with van der Waals surface area (Å²) in [4.78, 5) is 61.3. The average molecular weight is 584 g/mol. The minimum atomic E-state index is -1.47. The smallest absolute Gasteiger partial charge is 0.329 e. The van der Waals surface area contributed by atoms with Gasteiger partial charge in [0.15, 0.2) is 0 Å². The second-order valence-corrected chi connectivity index (χ2v) is 12.1. The molecule has 2 aromatic carbocycles. The molecule has 2 unspecified atom stereocenters. The first-order valence-electron chi connectivity index (χ1n) is 14.4. The van der Waals surface area contributed by atoms with Crippen LogP contribution in [0.3, 0.4) is 0 Å². The molecule has 3 aromatic rings. The number of aryl methyl sites for hydroxylation is 1. The number of aromatic nitrogens is 1. The molecule has 43 heavy (non-hydrogen) atoms. The summed E-state index contributed by atoms with van der Waals surface area (Å²) in [5.74, 6) is -2.55. The summed E-state index contributed by atoms with van der Waals surface area (Å²) < 4.78 is 5.34. The largest absolute Gasteiger partial charge is 0.459 e. The monoisotopic (exact) mass is 583 g/mol. The molecule has 0 saturated carbocycles. The SMILES string of the molecule is Cc1cccnc1CN1CCC2(NC(=O)N(c3ccc(-c4ccccc4)cc3)C2=O)C(C(=O)NCC(=O)OC(C)(C)C)C1. The van der Waals surface area contributed by atoms with Crippen LogP contribution in [0.4, 0.5) is 10.5 Å². The molecule has 3 heterocycles. The van der Waals surface area contributed by atoms with Gasteiger partial charge in [0.05, 0.1) is 17.3 Å². The van der Waals surface area contributed by atoms with Crippen LogP contribution in [0.15, 0.2) is 72.9 Å². The fourth-order valence-electron chi connectivity index (χ4n) is 5.69. The van der Waals surface area contributed by atoms with Gasteiger partial charge < -0.3 is 15.4 Å². The fraction of sp³-hybridized carbons (Fsp3) is 0.364. The third-order valence-electron chi connectivity index (χ3n) is 7.84. The second-order valence-electron chi connectivity index (χ2n) is 12.1. The maximum Gasteiger partial charge on any atom is 0.329 e. The zero-order chi connectivity index (χ0) is 30.8. The minimum absolute atomic E-state index is 0.184. The lowest BCUT2D eigenvalue weighted by molar-refractivity contribution is -0.155. The van der Waals surface area contributed by atoms with Crippen LogP contribution < -0.4 is 15.5 Å². The van der Waals surface area contributed by atoms with E-state index in [-0.39, 0.29) is 19.5 Å². The Labute approximate surface area is 251 Å². The van der Waals surface area contributed by atoms with Crippen molar-refractivity contribution in [3.8, 4) is 11.1 Å². The third kappa shape index (κ3) is 6.44. The van der Waals surface area contributed by atoms with Gasteiger partial charge in [-0.05, 0) is 69.0 Å². The molecule has 5 rings (SSSR count). The van der Waals surface area contributed by atoms with Crippen molar-refractivity contribution in [3.63, 3.8) is 0 Å². The summed E-state index contributed by atoms with van der Waals surface area (Å²) in [6, 6.07) is 20.2. The Hall–Kier alpha value is -4.57. The van der Waals surface area contributed by atoms with Gasteiger partial charge in [-0.15, -0.1) is 0 Å². The van der Waals surface area contributed by atoms with Gasteiger partial charge in [-0.2, -0.15) is 0 Å². The lowest BCUT2D eigenvalue weighted by Crippen LogP contribution is -2.65. The Morgan fingerprint density at radius 1 is 1.02 bits per heavy atom. The van der Waals surface area contributed by atoms with Crippen LogP contribution in [0, 0.1) is 12.8 Å². The minimum Gasteiger partial charge on any atom is -0.459 e. The molecule has 0 radical (unpaired) electrons. The summed E-state index contributed by atoms with van der Waals surface area (Å²) in [5, 5.41) is 5.54. The van der Waals surface area contributed by atoms with Gasteiger partial charge in [0.25, 0.3) is 5.91 Å². The number of amides is 4. The highest BCUT2D eigenvalue weighted by Crippen LogP contribution is 2.37. The van der Waals surface area contributed by atoms with Gasteiger partial charge >= 0.3 is 12.0 Å². The molecular weight excluding hydrogens is 546 g/mol. The Kier molecular flexibility index (Phi) is 8.32. The molecule has 2 saturated heterocycles. The zero-order valence-electron chi connectivity index (χ0n) is 24.9. The fourth-order valence-corrected chi connectivity index (χ4v) is 5.69. The maximum absolute atomic E-state index is 14.1. The summed E-state index contributed by atoms with van der Waals surface area (Å²) in [6.07, 6.45) is 1.94. The number of nitrogens with zero attached hydrogens (tertiary/aromatic N) is 3. The molecule has 0 aliphatic carbocycles. The number of urea groups is 1. The van der Waals surface area contributed by atoms with E-state index < -0.39 is 40.9 Å². The molecule has 1 spiro atoms. The van der Waals surface area contributed by atoms with Gasteiger partial charge in [0.1, 0.15) is 17.7 Å². The number of carbonyl (C=O) groups excluding carboxylic acids is 4. The predicted molar refractivity (Wildman–Crippen MR) is 162 cm³/mol. The Morgan fingerprint density at radius 3 is 2.40 bits per heavy atom. The average Bonchev–Trinajstić information content (AvgIpc) is 3.22. The Bertz CT molecular complexity index is 1520. The molecule has 224 valence electrons. The van der Waals surface area contributed by atoms with E-state index in [9.17, 15) is 19.2 Å². The highest BCUT2D eigenvalue weighted by molar-refractivity contribution is 6.24. The maximum atomic E-state index is 14.1. The number of esters is 1. The molecule has 2 fully saturated rings. The number of rotatable bonds is 7. The lowest BCUT2D eigenvalue weighted by Gasteiger charge is -2.43. The van der Waals surface area contributed by atoms with E-state index in [0.717, 1.165) is 27.3 Å². The third-order valence-corrected chi connectivity index (χ3v) is 7.84. The number of benzene rings is 2. The van der Waals surface area contributed by atoms with E-state index >= 15 is 0 Å². The molecular formula is C33H37N5O5. The van der Waals surface area contributed by atoms with Crippen molar-refractivity contribution in [2.75, 3.05) is 24.5 Å². The van der Waals surface area contributed by atoms with E-state index in [1.165, 1.54) is 0 Å². The Balaban J connectivity index is 1.40. The molecule has 10 nitrogen and oxygen atoms in total. The van der Waals surface area contributed by atoms with Crippen LogP contribution in [0.2, 0.25) is 0 Å². The number of likely N-dealkylation sites (tertiary alicyclic amines) is 1. The number of nitrogens with one attached hydrogen (secondary N) is 2. The van der Waals surface area contributed by atoms with Crippen LogP contribution in [0.25, 0.3) is 11.1 Å². The van der Waals surface area contributed by atoms with Crippen molar-refractivity contribution >= 4 is 29.5 Å². The number of pyridine rings is 1. The van der Waals surface area contributed by atoms with Crippen molar-refractivity contribution in [1.82, 2.24) is 20.5 Å². The normalized spacial score (nSPS) is 20.7. The zero-order valence-corrected chi connectivity index (χ0v) is 24.9. The Morgan fingerprint density at radius 2 is 1.72 bits per heavy atom. The highest BCUT2D eigenvalue weighted by atomic mass is 16.6. The summed E-state index contributed by atoms with van der Waals surface area (Å²) in [5.41, 5.74) is 2.08. The van der Waals surface area contributed by atoms with E-state index in [4.69, 9.17) is 4.74 Å². The van der Waals surface area contributed by atoms with Gasteiger partial charge in [0.2, 0.25) is 5.91 Å². The van der Waals surface area contributed by atoms with Crippen LogP contribution in [-0.2, 0) is 25.7 Å². The van der Waals surface area contributed by atoms with Crippen LogP contribution in [0.1, 0.15) is 38.4 Å². The number of carbonyl (C=O) groups is 4. The number of anilines is 1. The molecule has 10 heteroatoms. The summed E-state index contributed by atoms with van der Waals surface area (Å²) >= 11 is 0. The number of hydrogen-bond donors (Lipinski definition) is 2. The molecule has 2 aliphatic rings. The summed E-state index contributed by atoms with van der Waals surface area (Å²) in [6.45, 7) is 7.97. The second kappa shape index (κ2) is 12.0. The molecule has 2 aliphatic heterocycles. The van der Waals surface area contributed by atoms with Crippen molar-refractivity contribution in [2.24, 2.45) is 5.92 Å². The lowest BCUT2D eigenvalue weighted by atomic mass is 9.76. The van der Waals surface area contributed by atoms with E-state index in [0.29, 0.717) is 18.8 Å². The van der Waals surface area contributed by atoms with Gasteiger partial charge in [-0.25, -0.2) is 9.69 Å². The number of imide groups is 1. The number of piperidine rings is 1. The van der Waals surface area contributed by atoms with Crippen LogP contribution in [-0.4, -0.2) is 64.5 Å². The van der Waals surface area contributed by atoms with Crippen LogP contribution in [0.5, 0.6) is 0 Å². The molecule has 1 aromatic heterocycles. The van der Waals surface area contributed by atoms with E-state index in [1.807, 2.05) is 61.5 Å². The van der Waals surface area contributed by atoms with Crippen LogP contribution >= 0.6 is 0 Å². The first-order valence-corrected chi connectivity index (χ1v) is 14.4. The molecule has 4 amide bonds. The highest BCUT2D eigenvalue weighted by Gasteiger charge is 2.60.